The van der Waals surface area contributed by atoms with Crippen LogP contribution < -0.4 is 0 Å². The van der Waals surface area contributed by atoms with Crippen LogP contribution in [0.5, 0.6) is 0 Å². The van der Waals surface area contributed by atoms with Crippen LogP contribution in [0, 0.1) is 0 Å². The smallest absolute Gasteiger partial charge is 0.305 e. The van der Waals surface area contributed by atoms with Crippen molar-refractivity contribution in [3.8, 4) is 0 Å². The molecule has 1 N–H and O–H groups in total. The minimum atomic E-state index is -0.749. The average Bonchev–Trinajstić information content (AvgIpc) is 2.80. The Morgan fingerprint density at radius 3 is 2.81 bits per heavy atom. The molecule has 4 nitrogen and oxygen atoms in total. The molecule has 86 valence electrons. The van der Waals surface area contributed by atoms with E-state index in [0.29, 0.717) is 0 Å². The van der Waals surface area contributed by atoms with Gasteiger partial charge in [-0.2, -0.15) is 0 Å². The second kappa shape index (κ2) is 5.07. The molecule has 1 saturated heterocycles. The predicted octanol–water partition coefficient (Wildman–Crippen LogP) is 1.69. The standard InChI is InChI=1S/C12H16N2O2/c15-12(16)8-11(14-6-1-2-7-14)10-4-3-5-13-9-10/h3-5,9,11H,1-2,6-8H2,(H,15,16). The molecule has 2 rings (SSSR count). The number of hydrogen-bond acceptors (Lipinski definition) is 3. The first-order chi connectivity index (χ1) is 7.77. The highest BCUT2D eigenvalue weighted by Crippen LogP contribution is 2.27. The van der Waals surface area contributed by atoms with Crippen molar-refractivity contribution >= 4 is 5.97 Å². The van der Waals surface area contributed by atoms with E-state index in [1.807, 2.05) is 12.1 Å². The zero-order valence-corrected chi connectivity index (χ0v) is 9.17. The Balaban J connectivity index is 2.16. The molecule has 0 aromatic carbocycles. The molecular weight excluding hydrogens is 204 g/mol. The minimum absolute atomic E-state index is 0.0197. The van der Waals surface area contributed by atoms with Crippen molar-refractivity contribution in [3.05, 3.63) is 30.1 Å². The molecule has 0 bridgehead atoms. The number of carboxylic acid groups (broad SMARTS) is 1. The number of nitrogens with zero attached hydrogens (tertiary/aromatic N) is 2. The summed E-state index contributed by atoms with van der Waals surface area (Å²) in [7, 11) is 0. The Kier molecular flexibility index (Phi) is 3.51. The normalized spacial score (nSPS) is 18.5. The molecule has 0 saturated carbocycles. The van der Waals surface area contributed by atoms with Gasteiger partial charge in [0.25, 0.3) is 0 Å². The van der Waals surface area contributed by atoms with Crippen LogP contribution >= 0.6 is 0 Å². The Hall–Kier alpha value is -1.42. The number of aromatic nitrogens is 1. The molecule has 0 amide bonds. The fourth-order valence-electron chi connectivity index (χ4n) is 2.25. The van der Waals surface area contributed by atoms with Crippen molar-refractivity contribution in [2.75, 3.05) is 13.1 Å². The zero-order chi connectivity index (χ0) is 11.4. The second-order valence-electron chi connectivity index (χ2n) is 4.14. The van der Waals surface area contributed by atoms with Gasteiger partial charge in [-0.25, -0.2) is 0 Å². The average molecular weight is 220 g/mol. The highest BCUT2D eigenvalue weighted by Gasteiger charge is 2.25. The Bertz CT molecular complexity index is 347. The lowest BCUT2D eigenvalue weighted by Gasteiger charge is -2.26. The molecule has 16 heavy (non-hydrogen) atoms. The topological polar surface area (TPSA) is 53.4 Å². The van der Waals surface area contributed by atoms with E-state index in [4.69, 9.17) is 5.11 Å². The van der Waals surface area contributed by atoms with Gasteiger partial charge in [-0.1, -0.05) is 6.07 Å². The van der Waals surface area contributed by atoms with Crippen molar-refractivity contribution in [1.29, 1.82) is 0 Å². The molecule has 0 spiro atoms. The highest BCUT2D eigenvalue weighted by atomic mass is 16.4. The summed E-state index contributed by atoms with van der Waals surface area (Å²) in [5.74, 6) is -0.749. The van der Waals surface area contributed by atoms with Crippen LogP contribution in [0.1, 0.15) is 30.9 Å². The first-order valence-electron chi connectivity index (χ1n) is 5.63. The van der Waals surface area contributed by atoms with Crippen molar-refractivity contribution in [3.63, 3.8) is 0 Å². The number of carboxylic acids is 1. The molecular formula is C12H16N2O2. The fourth-order valence-corrected chi connectivity index (χ4v) is 2.25. The number of aliphatic carboxylic acids is 1. The molecule has 1 aliphatic rings. The van der Waals surface area contributed by atoms with Crippen LogP contribution in [0.4, 0.5) is 0 Å². The molecule has 1 aliphatic heterocycles. The Morgan fingerprint density at radius 2 is 2.25 bits per heavy atom. The van der Waals surface area contributed by atoms with Crippen LogP contribution in [-0.2, 0) is 4.79 Å². The minimum Gasteiger partial charge on any atom is -0.481 e. The molecule has 0 radical (unpaired) electrons. The van der Waals surface area contributed by atoms with E-state index in [2.05, 4.69) is 9.88 Å². The largest absolute Gasteiger partial charge is 0.481 e. The van der Waals surface area contributed by atoms with E-state index in [1.54, 1.807) is 12.4 Å². The number of rotatable bonds is 4. The Morgan fingerprint density at radius 1 is 1.50 bits per heavy atom. The molecule has 1 unspecified atom stereocenters. The van der Waals surface area contributed by atoms with E-state index >= 15 is 0 Å². The Labute approximate surface area is 94.9 Å². The summed E-state index contributed by atoms with van der Waals surface area (Å²) in [6.07, 6.45) is 5.97. The summed E-state index contributed by atoms with van der Waals surface area (Å²) in [5, 5.41) is 8.96. The molecule has 0 aliphatic carbocycles. The summed E-state index contributed by atoms with van der Waals surface area (Å²) in [4.78, 5) is 17.2. The van der Waals surface area contributed by atoms with Crippen molar-refractivity contribution < 1.29 is 9.90 Å². The third-order valence-electron chi connectivity index (χ3n) is 3.02. The van der Waals surface area contributed by atoms with Gasteiger partial charge in [0.15, 0.2) is 0 Å². The third kappa shape index (κ3) is 2.58. The third-order valence-corrected chi connectivity index (χ3v) is 3.02. The van der Waals surface area contributed by atoms with Crippen molar-refractivity contribution in [2.24, 2.45) is 0 Å². The SMILES string of the molecule is O=C(O)CC(c1cccnc1)N1CCCC1. The number of carbonyl (C=O) groups is 1. The molecule has 2 heterocycles. The van der Waals surface area contributed by atoms with Gasteiger partial charge in [0.2, 0.25) is 0 Å². The zero-order valence-electron chi connectivity index (χ0n) is 9.17. The van der Waals surface area contributed by atoms with Gasteiger partial charge in [-0.3, -0.25) is 14.7 Å². The summed E-state index contributed by atoms with van der Waals surface area (Å²) in [5.41, 5.74) is 1.01. The highest BCUT2D eigenvalue weighted by molar-refractivity contribution is 5.67. The number of hydrogen-bond donors (Lipinski definition) is 1. The van der Waals surface area contributed by atoms with Gasteiger partial charge in [0, 0.05) is 18.4 Å². The number of pyridine rings is 1. The molecule has 1 fully saturated rings. The lowest BCUT2D eigenvalue weighted by Crippen LogP contribution is -2.27. The van der Waals surface area contributed by atoms with E-state index in [-0.39, 0.29) is 12.5 Å². The maximum Gasteiger partial charge on any atom is 0.305 e. The van der Waals surface area contributed by atoms with Crippen molar-refractivity contribution in [1.82, 2.24) is 9.88 Å². The van der Waals surface area contributed by atoms with E-state index in [1.165, 1.54) is 0 Å². The summed E-state index contributed by atoms with van der Waals surface area (Å²) < 4.78 is 0. The first-order valence-corrected chi connectivity index (χ1v) is 5.63. The van der Waals surface area contributed by atoms with Crippen LogP contribution in [0.25, 0.3) is 0 Å². The maximum atomic E-state index is 10.9. The quantitative estimate of drug-likeness (QED) is 0.839. The first kappa shape index (κ1) is 11.1. The van der Waals surface area contributed by atoms with Gasteiger partial charge >= 0.3 is 5.97 Å². The number of likely N-dealkylation sites (tertiary alicyclic amines) is 1. The van der Waals surface area contributed by atoms with Crippen LogP contribution in [0.3, 0.4) is 0 Å². The van der Waals surface area contributed by atoms with Gasteiger partial charge in [-0.05, 0) is 37.6 Å². The van der Waals surface area contributed by atoms with E-state index in [9.17, 15) is 4.79 Å². The van der Waals surface area contributed by atoms with Gasteiger partial charge in [0.05, 0.1) is 6.42 Å². The maximum absolute atomic E-state index is 10.9. The van der Waals surface area contributed by atoms with Gasteiger partial charge in [-0.15, -0.1) is 0 Å². The second-order valence-corrected chi connectivity index (χ2v) is 4.14. The molecule has 1 atom stereocenters. The van der Waals surface area contributed by atoms with Crippen LogP contribution in [0.15, 0.2) is 24.5 Å². The van der Waals surface area contributed by atoms with E-state index in [0.717, 1.165) is 31.5 Å². The lowest BCUT2D eigenvalue weighted by molar-refractivity contribution is -0.138. The summed E-state index contributed by atoms with van der Waals surface area (Å²) in [6.45, 7) is 1.99. The monoisotopic (exact) mass is 220 g/mol. The summed E-state index contributed by atoms with van der Waals surface area (Å²) in [6, 6.07) is 3.80. The van der Waals surface area contributed by atoms with Gasteiger partial charge < -0.3 is 5.11 Å². The van der Waals surface area contributed by atoms with Gasteiger partial charge in [0.1, 0.15) is 0 Å². The van der Waals surface area contributed by atoms with Crippen molar-refractivity contribution in [2.45, 2.75) is 25.3 Å². The molecule has 1 aromatic rings. The molecule has 4 heteroatoms. The lowest BCUT2D eigenvalue weighted by atomic mass is 10.0. The predicted molar refractivity (Wildman–Crippen MR) is 60.0 cm³/mol. The summed E-state index contributed by atoms with van der Waals surface area (Å²) >= 11 is 0. The van der Waals surface area contributed by atoms with Crippen LogP contribution in [0.2, 0.25) is 0 Å². The fraction of sp³-hybridized carbons (Fsp3) is 0.500. The molecule has 1 aromatic heterocycles. The van der Waals surface area contributed by atoms with E-state index < -0.39 is 5.97 Å². The van der Waals surface area contributed by atoms with Crippen LogP contribution in [-0.4, -0.2) is 34.0 Å².